The molecule has 2 aromatic rings. The molecule has 0 aliphatic carbocycles. The van der Waals surface area contributed by atoms with Crippen molar-refractivity contribution < 1.29 is 9.53 Å². The Morgan fingerprint density at radius 2 is 2.30 bits per heavy atom. The summed E-state index contributed by atoms with van der Waals surface area (Å²) in [7, 11) is 0. The Morgan fingerprint density at radius 3 is 2.90 bits per heavy atom. The molecule has 2 heterocycles. The van der Waals surface area contributed by atoms with E-state index in [-0.39, 0.29) is 5.97 Å². The van der Waals surface area contributed by atoms with Crippen molar-refractivity contribution in [2.24, 2.45) is 0 Å². The summed E-state index contributed by atoms with van der Waals surface area (Å²) in [5.41, 5.74) is 6.65. The zero-order valence-electron chi connectivity index (χ0n) is 11.2. The molecule has 0 aliphatic rings. The molecular formula is C13H17N5O2. The molecule has 2 aromatic heterocycles. The number of carbonyl (C=O) groups excluding carboxylic acids is 1. The second-order valence-corrected chi connectivity index (χ2v) is 4.12. The van der Waals surface area contributed by atoms with Crippen LogP contribution < -0.4 is 11.1 Å². The highest BCUT2D eigenvalue weighted by molar-refractivity contribution is 5.89. The number of carbonyl (C=O) groups is 1. The fourth-order valence-corrected chi connectivity index (χ4v) is 1.63. The number of pyridine rings is 1. The van der Waals surface area contributed by atoms with Crippen LogP contribution >= 0.6 is 0 Å². The van der Waals surface area contributed by atoms with E-state index in [1.807, 2.05) is 0 Å². The molecule has 3 N–H and O–H groups in total. The van der Waals surface area contributed by atoms with Crippen molar-refractivity contribution >= 4 is 17.5 Å². The number of hydrogen-bond acceptors (Lipinski definition) is 6. The van der Waals surface area contributed by atoms with Crippen LogP contribution in [0.15, 0.2) is 30.7 Å². The SMILES string of the molecule is CCOC(=O)c1ccc(NCCn2cc(N)cn2)nc1. The normalized spacial score (nSPS) is 10.2. The fraction of sp³-hybridized carbons (Fsp3) is 0.308. The smallest absolute Gasteiger partial charge is 0.339 e. The summed E-state index contributed by atoms with van der Waals surface area (Å²) < 4.78 is 6.63. The third-order valence-corrected chi connectivity index (χ3v) is 2.57. The van der Waals surface area contributed by atoms with Crippen LogP contribution in [0.4, 0.5) is 11.5 Å². The van der Waals surface area contributed by atoms with Crippen LogP contribution in [0.3, 0.4) is 0 Å². The molecule has 106 valence electrons. The number of rotatable bonds is 6. The summed E-state index contributed by atoms with van der Waals surface area (Å²) in [6, 6.07) is 3.42. The average Bonchev–Trinajstić information content (AvgIpc) is 2.85. The Kier molecular flexibility index (Phi) is 4.54. The Bertz CT molecular complexity index is 564. The van der Waals surface area contributed by atoms with Crippen molar-refractivity contribution in [3.63, 3.8) is 0 Å². The molecular weight excluding hydrogens is 258 g/mol. The van der Waals surface area contributed by atoms with E-state index >= 15 is 0 Å². The fourth-order valence-electron chi connectivity index (χ4n) is 1.63. The van der Waals surface area contributed by atoms with Crippen molar-refractivity contribution in [1.29, 1.82) is 0 Å². The van der Waals surface area contributed by atoms with Gasteiger partial charge in [-0.25, -0.2) is 9.78 Å². The van der Waals surface area contributed by atoms with Gasteiger partial charge in [0.25, 0.3) is 0 Å². The number of aromatic nitrogens is 3. The van der Waals surface area contributed by atoms with Crippen molar-refractivity contribution in [2.75, 3.05) is 24.2 Å². The quantitative estimate of drug-likeness (QED) is 0.768. The molecule has 0 aliphatic heterocycles. The summed E-state index contributed by atoms with van der Waals surface area (Å²) in [5.74, 6) is 0.330. The predicted molar refractivity (Wildman–Crippen MR) is 75.3 cm³/mol. The molecule has 20 heavy (non-hydrogen) atoms. The maximum absolute atomic E-state index is 11.5. The monoisotopic (exact) mass is 275 g/mol. The van der Waals surface area contributed by atoms with E-state index in [4.69, 9.17) is 10.5 Å². The van der Waals surface area contributed by atoms with Crippen LogP contribution in [0.25, 0.3) is 0 Å². The van der Waals surface area contributed by atoms with Crippen LogP contribution in [-0.4, -0.2) is 33.9 Å². The first kappa shape index (κ1) is 13.9. The number of nitrogens with one attached hydrogen (secondary N) is 1. The van der Waals surface area contributed by atoms with E-state index in [1.54, 1.807) is 36.1 Å². The molecule has 0 bridgehead atoms. The molecule has 0 fully saturated rings. The van der Waals surface area contributed by atoms with Crippen molar-refractivity contribution in [3.8, 4) is 0 Å². The zero-order valence-corrected chi connectivity index (χ0v) is 11.2. The minimum absolute atomic E-state index is 0.353. The molecule has 0 saturated heterocycles. The zero-order chi connectivity index (χ0) is 14.4. The average molecular weight is 275 g/mol. The molecule has 0 radical (unpaired) electrons. The first-order valence-electron chi connectivity index (χ1n) is 6.34. The van der Waals surface area contributed by atoms with Crippen molar-refractivity contribution in [1.82, 2.24) is 14.8 Å². The summed E-state index contributed by atoms with van der Waals surface area (Å²) in [6.07, 6.45) is 4.86. The lowest BCUT2D eigenvalue weighted by Gasteiger charge is -2.06. The maximum atomic E-state index is 11.5. The van der Waals surface area contributed by atoms with E-state index in [9.17, 15) is 4.79 Å². The van der Waals surface area contributed by atoms with Gasteiger partial charge in [0.1, 0.15) is 5.82 Å². The van der Waals surface area contributed by atoms with Crippen LogP contribution in [0.1, 0.15) is 17.3 Å². The first-order chi connectivity index (χ1) is 9.69. The standard InChI is InChI=1S/C13H17N5O2/c1-2-20-13(19)10-3-4-12(16-7-10)15-5-6-18-9-11(14)8-17-18/h3-4,7-9H,2,5-6,14H2,1H3,(H,15,16). The number of hydrogen-bond donors (Lipinski definition) is 2. The van der Waals surface area contributed by atoms with Crippen LogP contribution in [0.5, 0.6) is 0 Å². The number of nitrogens with zero attached hydrogens (tertiary/aromatic N) is 3. The highest BCUT2D eigenvalue weighted by atomic mass is 16.5. The second-order valence-electron chi connectivity index (χ2n) is 4.12. The van der Waals surface area contributed by atoms with Gasteiger partial charge in [-0.3, -0.25) is 4.68 Å². The lowest BCUT2D eigenvalue weighted by atomic mass is 10.3. The molecule has 0 saturated carbocycles. The van der Waals surface area contributed by atoms with Gasteiger partial charge in [0.05, 0.1) is 30.6 Å². The Labute approximate surface area is 116 Å². The molecule has 0 atom stereocenters. The highest BCUT2D eigenvalue weighted by Gasteiger charge is 2.06. The van der Waals surface area contributed by atoms with Crippen LogP contribution in [0.2, 0.25) is 0 Å². The molecule has 0 spiro atoms. The van der Waals surface area contributed by atoms with Gasteiger partial charge >= 0.3 is 5.97 Å². The number of nitrogens with two attached hydrogens (primary N) is 1. The summed E-state index contributed by atoms with van der Waals surface area (Å²) in [4.78, 5) is 15.6. The van der Waals surface area contributed by atoms with Gasteiger partial charge < -0.3 is 15.8 Å². The largest absolute Gasteiger partial charge is 0.462 e. The van der Waals surface area contributed by atoms with E-state index in [2.05, 4.69) is 15.4 Å². The lowest BCUT2D eigenvalue weighted by Crippen LogP contribution is -2.12. The summed E-state index contributed by atoms with van der Waals surface area (Å²) >= 11 is 0. The summed E-state index contributed by atoms with van der Waals surface area (Å²) in [6.45, 7) is 3.46. The maximum Gasteiger partial charge on any atom is 0.339 e. The van der Waals surface area contributed by atoms with Crippen molar-refractivity contribution in [2.45, 2.75) is 13.5 Å². The van der Waals surface area contributed by atoms with Crippen LogP contribution in [-0.2, 0) is 11.3 Å². The van der Waals surface area contributed by atoms with E-state index in [0.717, 1.165) is 0 Å². The molecule has 0 amide bonds. The number of nitrogen functional groups attached to an aromatic ring is 1. The van der Waals surface area contributed by atoms with Gasteiger partial charge in [-0.2, -0.15) is 5.10 Å². The van der Waals surface area contributed by atoms with Crippen LogP contribution in [0, 0.1) is 0 Å². The number of ether oxygens (including phenoxy) is 1. The Balaban J connectivity index is 1.83. The van der Waals surface area contributed by atoms with Gasteiger partial charge in [0.15, 0.2) is 0 Å². The lowest BCUT2D eigenvalue weighted by molar-refractivity contribution is 0.0526. The molecule has 7 heteroatoms. The summed E-state index contributed by atoms with van der Waals surface area (Å²) in [5, 5.41) is 7.21. The topological polar surface area (TPSA) is 95.1 Å². The van der Waals surface area contributed by atoms with Gasteiger partial charge in [0, 0.05) is 18.9 Å². The number of anilines is 2. The third kappa shape index (κ3) is 3.71. The van der Waals surface area contributed by atoms with Gasteiger partial charge in [0.2, 0.25) is 0 Å². The van der Waals surface area contributed by atoms with Gasteiger partial charge in [-0.1, -0.05) is 0 Å². The number of esters is 1. The van der Waals surface area contributed by atoms with E-state index < -0.39 is 0 Å². The van der Waals surface area contributed by atoms with E-state index in [0.29, 0.717) is 36.8 Å². The Morgan fingerprint density at radius 1 is 1.45 bits per heavy atom. The van der Waals surface area contributed by atoms with Crippen molar-refractivity contribution in [3.05, 3.63) is 36.3 Å². The van der Waals surface area contributed by atoms with Gasteiger partial charge in [-0.15, -0.1) is 0 Å². The molecule has 0 aromatic carbocycles. The second kappa shape index (κ2) is 6.55. The Hall–Kier alpha value is -2.57. The molecule has 7 nitrogen and oxygen atoms in total. The molecule has 2 rings (SSSR count). The highest BCUT2D eigenvalue weighted by Crippen LogP contribution is 2.06. The minimum Gasteiger partial charge on any atom is -0.462 e. The molecule has 0 unspecified atom stereocenters. The van der Waals surface area contributed by atoms with Gasteiger partial charge in [-0.05, 0) is 19.1 Å². The minimum atomic E-state index is -0.362. The third-order valence-electron chi connectivity index (χ3n) is 2.57. The van der Waals surface area contributed by atoms with E-state index in [1.165, 1.54) is 6.20 Å². The predicted octanol–water partition coefficient (Wildman–Crippen LogP) is 1.15. The first-order valence-corrected chi connectivity index (χ1v) is 6.34.